The first-order chi connectivity index (χ1) is 10.4. The molecule has 106 valence electrons. The molecule has 0 spiro atoms. The van der Waals surface area contributed by atoms with Crippen LogP contribution in [0.3, 0.4) is 0 Å². The van der Waals surface area contributed by atoms with E-state index < -0.39 is 0 Å². The zero-order chi connectivity index (χ0) is 14.5. The SMILES string of the molecule is CCCNc1ccnc(-c2ccnn2-c2ccccc2)c1. The number of para-hydroxylation sites is 1. The van der Waals surface area contributed by atoms with Gasteiger partial charge in [0.1, 0.15) is 0 Å². The van der Waals surface area contributed by atoms with Gasteiger partial charge in [0.25, 0.3) is 0 Å². The summed E-state index contributed by atoms with van der Waals surface area (Å²) in [5.41, 5.74) is 4.02. The van der Waals surface area contributed by atoms with E-state index in [0.717, 1.165) is 35.7 Å². The number of hydrogen-bond donors (Lipinski definition) is 1. The van der Waals surface area contributed by atoms with E-state index in [4.69, 9.17) is 0 Å². The number of nitrogens with zero attached hydrogens (tertiary/aromatic N) is 3. The first kappa shape index (κ1) is 13.4. The monoisotopic (exact) mass is 278 g/mol. The highest BCUT2D eigenvalue weighted by molar-refractivity contribution is 5.62. The third kappa shape index (κ3) is 2.94. The quantitative estimate of drug-likeness (QED) is 0.772. The maximum atomic E-state index is 4.48. The molecule has 0 aliphatic heterocycles. The molecular formula is C17H18N4. The third-order valence-electron chi connectivity index (χ3n) is 3.24. The first-order valence-corrected chi connectivity index (χ1v) is 7.18. The topological polar surface area (TPSA) is 42.7 Å². The first-order valence-electron chi connectivity index (χ1n) is 7.18. The molecule has 3 aromatic rings. The number of benzene rings is 1. The predicted molar refractivity (Wildman–Crippen MR) is 85.6 cm³/mol. The molecule has 1 aromatic carbocycles. The molecule has 0 aliphatic rings. The normalized spacial score (nSPS) is 10.5. The van der Waals surface area contributed by atoms with Crippen molar-refractivity contribution >= 4 is 5.69 Å². The highest BCUT2D eigenvalue weighted by Crippen LogP contribution is 2.22. The van der Waals surface area contributed by atoms with Gasteiger partial charge >= 0.3 is 0 Å². The van der Waals surface area contributed by atoms with Crippen LogP contribution in [0.4, 0.5) is 5.69 Å². The summed E-state index contributed by atoms with van der Waals surface area (Å²) in [7, 11) is 0. The molecule has 1 N–H and O–H groups in total. The molecule has 0 saturated carbocycles. The van der Waals surface area contributed by atoms with Crippen LogP contribution in [-0.2, 0) is 0 Å². The minimum atomic E-state index is 0.914. The number of pyridine rings is 1. The van der Waals surface area contributed by atoms with Crippen LogP contribution in [-0.4, -0.2) is 21.3 Å². The largest absolute Gasteiger partial charge is 0.385 e. The van der Waals surface area contributed by atoms with Crippen LogP contribution in [0.25, 0.3) is 17.1 Å². The fourth-order valence-corrected chi connectivity index (χ4v) is 2.22. The lowest BCUT2D eigenvalue weighted by atomic mass is 10.2. The Labute approximate surface area is 124 Å². The maximum Gasteiger partial charge on any atom is 0.0925 e. The van der Waals surface area contributed by atoms with Crippen molar-refractivity contribution in [3.05, 3.63) is 60.9 Å². The number of anilines is 1. The molecule has 4 heteroatoms. The van der Waals surface area contributed by atoms with Crippen molar-refractivity contribution in [3.63, 3.8) is 0 Å². The van der Waals surface area contributed by atoms with E-state index in [1.54, 1.807) is 6.20 Å². The summed E-state index contributed by atoms with van der Waals surface area (Å²) in [6, 6.07) is 16.1. The summed E-state index contributed by atoms with van der Waals surface area (Å²) in [6.45, 7) is 3.11. The van der Waals surface area contributed by atoms with E-state index in [1.807, 2.05) is 53.3 Å². The molecule has 0 amide bonds. The molecule has 0 atom stereocenters. The molecule has 21 heavy (non-hydrogen) atoms. The Morgan fingerprint density at radius 1 is 1.05 bits per heavy atom. The Morgan fingerprint density at radius 2 is 1.90 bits per heavy atom. The van der Waals surface area contributed by atoms with Crippen molar-refractivity contribution in [2.75, 3.05) is 11.9 Å². The van der Waals surface area contributed by atoms with E-state index in [-0.39, 0.29) is 0 Å². The van der Waals surface area contributed by atoms with Crippen molar-refractivity contribution in [1.82, 2.24) is 14.8 Å². The Kier molecular flexibility index (Phi) is 3.96. The van der Waals surface area contributed by atoms with Crippen molar-refractivity contribution in [1.29, 1.82) is 0 Å². The van der Waals surface area contributed by atoms with Crippen LogP contribution in [0, 0.1) is 0 Å². The van der Waals surface area contributed by atoms with Crippen molar-refractivity contribution < 1.29 is 0 Å². The van der Waals surface area contributed by atoms with Gasteiger partial charge in [-0.3, -0.25) is 4.98 Å². The number of hydrogen-bond acceptors (Lipinski definition) is 3. The second-order valence-corrected chi connectivity index (χ2v) is 4.82. The van der Waals surface area contributed by atoms with Crippen LogP contribution >= 0.6 is 0 Å². The minimum absolute atomic E-state index is 0.914. The molecule has 2 heterocycles. The van der Waals surface area contributed by atoms with Crippen molar-refractivity contribution in [3.8, 4) is 17.1 Å². The van der Waals surface area contributed by atoms with Crippen LogP contribution in [0.15, 0.2) is 60.9 Å². The molecule has 0 aliphatic carbocycles. The molecule has 0 unspecified atom stereocenters. The summed E-state index contributed by atoms with van der Waals surface area (Å²) in [5, 5.41) is 7.80. The maximum absolute atomic E-state index is 4.48. The summed E-state index contributed by atoms with van der Waals surface area (Å²) in [5.74, 6) is 0. The average molecular weight is 278 g/mol. The lowest BCUT2D eigenvalue weighted by Gasteiger charge is -2.09. The molecule has 0 radical (unpaired) electrons. The highest BCUT2D eigenvalue weighted by atomic mass is 15.3. The lowest BCUT2D eigenvalue weighted by molar-refractivity contribution is 0.884. The number of aromatic nitrogens is 3. The zero-order valence-corrected chi connectivity index (χ0v) is 12.0. The van der Waals surface area contributed by atoms with E-state index in [0.29, 0.717) is 0 Å². The van der Waals surface area contributed by atoms with Crippen LogP contribution < -0.4 is 5.32 Å². The predicted octanol–water partition coefficient (Wildman–Crippen LogP) is 3.76. The van der Waals surface area contributed by atoms with E-state index >= 15 is 0 Å². The average Bonchev–Trinajstić information content (AvgIpc) is 3.04. The summed E-state index contributed by atoms with van der Waals surface area (Å²) in [4.78, 5) is 4.48. The van der Waals surface area contributed by atoms with Gasteiger partial charge in [-0.1, -0.05) is 25.1 Å². The molecule has 0 bridgehead atoms. The Hall–Kier alpha value is -2.62. The van der Waals surface area contributed by atoms with Gasteiger partial charge < -0.3 is 5.32 Å². The fourth-order valence-electron chi connectivity index (χ4n) is 2.22. The lowest BCUT2D eigenvalue weighted by Crippen LogP contribution is -2.02. The van der Waals surface area contributed by atoms with Gasteiger partial charge in [-0.05, 0) is 36.8 Å². The Bertz CT molecular complexity index is 704. The van der Waals surface area contributed by atoms with E-state index in [1.165, 1.54) is 0 Å². The number of rotatable bonds is 5. The van der Waals surface area contributed by atoms with Gasteiger partial charge in [-0.2, -0.15) is 5.10 Å². The molecular weight excluding hydrogens is 260 g/mol. The minimum Gasteiger partial charge on any atom is -0.385 e. The second kappa shape index (κ2) is 6.22. The summed E-state index contributed by atoms with van der Waals surface area (Å²) in [6.07, 6.45) is 4.73. The second-order valence-electron chi connectivity index (χ2n) is 4.82. The molecule has 2 aromatic heterocycles. The number of nitrogens with one attached hydrogen (secondary N) is 1. The Morgan fingerprint density at radius 3 is 2.71 bits per heavy atom. The third-order valence-corrected chi connectivity index (χ3v) is 3.24. The van der Waals surface area contributed by atoms with Gasteiger partial charge in [-0.25, -0.2) is 4.68 Å². The summed E-state index contributed by atoms with van der Waals surface area (Å²) < 4.78 is 1.91. The van der Waals surface area contributed by atoms with Crippen molar-refractivity contribution in [2.45, 2.75) is 13.3 Å². The van der Waals surface area contributed by atoms with Gasteiger partial charge in [-0.15, -0.1) is 0 Å². The van der Waals surface area contributed by atoms with E-state index in [2.05, 4.69) is 28.4 Å². The van der Waals surface area contributed by atoms with Crippen molar-refractivity contribution in [2.24, 2.45) is 0 Å². The molecule has 0 fully saturated rings. The standard InChI is InChI=1S/C17H18N4/c1-2-10-18-14-8-11-19-16(13-14)17-9-12-20-21(17)15-6-4-3-5-7-15/h3-9,11-13H,2,10H2,1H3,(H,18,19). The van der Waals surface area contributed by atoms with Gasteiger partial charge in [0.05, 0.1) is 23.3 Å². The van der Waals surface area contributed by atoms with Gasteiger partial charge in [0.15, 0.2) is 0 Å². The molecule has 0 saturated heterocycles. The highest BCUT2D eigenvalue weighted by Gasteiger charge is 2.08. The molecule has 3 rings (SSSR count). The van der Waals surface area contributed by atoms with Crippen LogP contribution in [0.1, 0.15) is 13.3 Å². The van der Waals surface area contributed by atoms with Crippen LogP contribution in [0.5, 0.6) is 0 Å². The smallest absolute Gasteiger partial charge is 0.0925 e. The van der Waals surface area contributed by atoms with Gasteiger partial charge in [0, 0.05) is 18.4 Å². The molecule has 4 nitrogen and oxygen atoms in total. The van der Waals surface area contributed by atoms with Gasteiger partial charge in [0.2, 0.25) is 0 Å². The fraction of sp³-hybridized carbons (Fsp3) is 0.176. The summed E-state index contributed by atoms with van der Waals surface area (Å²) >= 11 is 0. The van der Waals surface area contributed by atoms with Crippen LogP contribution in [0.2, 0.25) is 0 Å². The van der Waals surface area contributed by atoms with E-state index in [9.17, 15) is 0 Å². The Balaban J connectivity index is 1.97. The zero-order valence-electron chi connectivity index (χ0n) is 12.0.